The highest BCUT2D eigenvalue weighted by Crippen LogP contribution is 2.40. The number of benzene rings is 2. The molecule has 0 spiro atoms. The Balaban J connectivity index is 2.28. The van der Waals surface area contributed by atoms with E-state index < -0.39 is 0 Å². The van der Waals surface area contributed by atoms with Gasteiger partial charge in [0.1, 0.15) is 0 Å². The van der Waals surface area contributed by atoms with Crippen LogP contribution in [-0.4, -0.2) is 13.0 Å². The zero-order valence-corrected chi connectivity index (χ0v) is 13.8. The van der Waals surface area contributed by atoms with Gasteiger partial charge in [-0.3, -0.25) is 4.79 Å². The van der Waals surface area contributed by atoms with Gasteiger partial charge in [0.15, 0.2) is 0 Å². The molecule has 0 fully saturated rings. The number of aryl methyl sites for hydroxylation is 2. The maximum absolute atomic E-state index is 12.9. The number of rotatable bonds is 2. The Morgan fingerprint density at radius 3 is 2.45 bits per heavy atom. The third kappa shape index (κ3) is 2.23. The number of carbonyl (C=O) groups is 1. The van der Waals surface area contributed by atoms with E-state index in [4.69, 9.17) is 0 Å². The zero-order valence-electron chi connectivity index (χ0n) is 13.8. The summed E-state index contributed by atoms with van der Waals surface area (Å²) in [6, 6.07) is 12.9. The van der Waals surface area contributed by atoms with Gasteiger partial charge in [-0.15, -0.1) is 0 Å². The van der Waals surface area contributed by atoms with Gasteiger partial charge in [-0.05, 0) is 48.6 Å². The lowest BCUT2D eigenvalue weighted by Gasteiger charge is -2.21. The monoisotopic (exact) mass is 293 g/mol. The van der Waals surface area contributed by atoms with Gasteiger partial charge >= 0.3 is 0 Å². The summed E-state index contributed by atoms with van der Waals surface area (Å²) in [4.78, 5) is 14.8. The average molecular weight is 293 g/mol. The van der Waals surface area contributed by atoms with Crippen molar-refractivity contribution in [1.82, 2.24) is 0 Å². The van der Waals surface area contributed by atoms with Gasteiger partial charge in [0.2, 0.25) is 0 Å². The molecule has 0 N–H and O–H groups in total. The molecule has 0 aliphatic carbocycles. The summed E-state index contributed by atoms with van der Waals surface area (Å²) in [5.41, 5.74) is 6.74. The summed E-state index contributed by atoms with van der Waals surface area (Å²) in [5.74, 6) is 0.384. The van der Waals surface area contributed by atoms with Gasteiger partial charge in [-0.1, -0.05) is 43.7 Å². The van der Waals surface area contributed by atoms with Gasteiger partial charge in [0.25, 0.3) is 5.91 Å². The smallest absolute Gasteiger partial charge is 0.258 e. The van der Waals surface area contributed by atoms with E-state index in [0.29, 0.717) is 0 Å². The molecule has 114 valence electrons. The van der Waals surface area contributed by atoms with Crippen molar-refractivity contribution < 1.29 is 4.79 Å². The first kappa shape index (κ1) is 14.8. The summed E-state index contributed by atoms with van der Waals surface area (Å²) in [5, 5.41) is 0. The molecule has 0 aromatic heterocycles. The van der Waals surface area contributed by atoms with Crippen LogP contribution < -0.4 is 4.90 Å². The molecule has 2 nitrogen and oxygen atoms in total. The van der Waals surface area contributed by atoms with Crippen LogP contribution in [0.4, 0.5) is 5.69 Å². The van der Waals surface area contributed by atoms with Crippen LogP contribution in [-0.2, 0) is 6.42 Å². The van der Waals surface area contributed by atoms with Crippen LogP contribution in [0.5, 0.6) is 0 Å². The fourth-order valence-electron chi connectivity index (χ4n) is 3.45. The number of hydrogen-bond acceptors (Lipinski definition) is 1. The molecule has 1 heterocycles. The Morgan fingerprint density at radius 2 is 1.77 bits per heavy atom. The number of nitrogens with zero attached hydrogens (tertiary/aromatic N) is 1. The van der Waals surface area contributed by atoms with Crippen LogP contribution in [0.1, 0.15) is 58.8 Å². The molecule has 1 atom stereocenters. The number of anilines is 1. The molecule has 3 rings (SSSR count). The highest BCUT2D eigenvalue weighted by atomic mass is 16.2. The van der Waals surface area contributed by atoms with Crippen molar-refractivity contribution in [2.75, 3.05) is 11.9 Å². The van der Waals surface area contributed by atoms with E-state index in [1.807, 2.05) is 24.9 Å². The minimum Gasteiger partial charge on any atom is -0.311 e. The van der Waals surface area contributed by atoms with Crippen LogP contribution in [0.25, 0.3) is 0 Å². The Kier molecular flexibility index (Phi) is 3.78. The first-order chi connectivity index (χ1) is 10.6. The van der Waals surface area contributed by atoms with Crippen LogP contribution in [0.2, 0.25) is 0 Å². The van der Waals surface area contributed by atoms with E-state index in [2.05, 4.69) is 44.2 Å². The highest BCUT2D eigenvalue weighted by Gasteiger charge is 2.29. The highest BCUT2D eigenvalue weighted by molar-refractivity contribution is 6.08. The van der Waals surface area contributed by atoms with Crippen molar-refractivity contribution in [3.8, 4) is 0 Å². The number of fused-ring (bicyclic) bond motifs is 2. The van der Waals surface area contributed by atoms with Crippen molar-refractivity contribution in [3.05, 3.63) is 64.2 Å². The molecule has 1 aliphatic heterocycles. The van der Waals surface area contributed by atoms with Crippen molar-refractivity contribution in [2.24, 2.45) is 0 Å². The number of amides is 1. The summed E-state index contributed by atoms with van der Waals surface area (Å²) in [6.45, 7) is 6.39. The lowest BCUT2D eigenvalue weighted by Crippen LogP contribution is -2.26. The van der Waals surface area contributed by atoms with Crippen LogP contribution in [0.3, 0.4) is 0 Å². The molecule has 2 aromatic rings. The molecule has 22 heavy (non-hydrogen) atoms. The van der Waals surface area contributed by atoms with E-state index in [-0.39, 0.29) is 11.8 Å². The molecule has 0 radical (unpaired) electrons. The maximum Gasteiger partial charge on any atom is 0.258 e. The average Bonchev–Trinajstić information content (AvgIpc) is 2.62. The molecule has 2 aromatic carbocycles. The quantitative estimate of drug-likeness (QED) is 0.786. The summed E-state index contributed by atoms with van der Waals surface area (Å²) < 4.78 is 0. The summed E-state index contributed by atoms with van der Waals surface area (Å²) >= 11 is 0. The molecule has 0 saturated carbocycles. The first-order valence-corrected chi connectivity index (χ1v) is 8.08. The predicted octanol–water partition coefficient (Wildman–Crippen LogP) is 4.69. The second-order valence-corrected chi connectivity index (χ2v) is 6.16. The van der Waals surface area contributed by atoms with Gasteiger partial charge in [0, 0.05) is 24.2 Å². The molecule has 0 bridgehead atoms. The molecule has 2 heteroatoms. The standard InChI is InChI=1S/C20H23NO/c1-5-14-8-10-17-15(6-2)16-9-7-13(3)11-18(16)20(22)21(4)19(17)12-14/h7-12,15H,5-6H2,1-4H3. The molecule has 1 unspecified atom stereocenters. The maximum atomic E-state index is 12.9. The number of carbonyl (C=O) groups excluding carboxylic acids is 1. The first-order valence-electron chi connectivity index (χ1n) is 8.08. The van der Waals surface area contributed by atoms with E-state index in [1.54, 1.807) is 0 Å². The van der Waals surface area contributed by atoms with Gasteiger partial charge in [-0.2, -0.15) is 0 Å². The van der Waals surface area contributed by atoms with E-state index in [9.17, 15) is 4.79 Å². The van der Waals surface area contributed by atoms with Crippen molar-refractivity contribution in [1.29, 1.82) is 0 Å². The van der Waals surface area contributed by atoms with E-state index >= 15 is 0 Å². The Hall–Kier alpha value is -2.09. The van der Waals surface area contributed by atoms with Crippen LogP contribution in [0.15, 0.2) is 36.4 Å². The zero-order chi connectivity index (χ0) is 15.9. The fraction of sp³-hybridized carbons (Fsp3) is 0.350. The molecular formula is C20H23NO. The van der Waals surface area contributed by atoms with E-state index in [1.165, 1.54) is 11.1 Å². The summed E-state index contributed by atoms with van der Waals surface area (Å²) in [6.07, 6.45) is 1.98. The minimum atomic E-state index is 0.101. The fourth-order valence-corrected chi connectivity index (χ4v) is 3.45. The third-order valence-electron chi connectivity index (χ3n) is 4.77. The van der Waals surface area contributed by atoms with Crippen LogP contribution in [0, 0.1) is 6.92 Å². The van der Waals surface area contributed by atoms with Crippen LogP contribution >= 0.6 is 0 Å². The van der Waals surface area contributed by atoms with Crippen molar-refractivity contribution in [2.45, 2.75) is 39.5 Å². The minimum absolute atomic E-state index is 0.101. The SMILES string of the molecule is CCc1ccc2c(c1)N(C)C(=O)c1cc(C)ccc1C2CC. The van der Waals surface area contributed by atoms with E-state index in [0.717, 1.165) is 35.2 Å². The van der Waals surface area contributed by atoms with Gasteiger partial charge in [-0.25, -0.2) is 0 Å². The molecular weight excluding hydrogens is 270 g/mol. The normalized spacial score (nSPS) is 17.0. The second-order valence-electron chi connectivity index (χ2n) is 6.16. The predicted molar refractivity (Wildman–Crippen MR) is 91.9 cm³/mol. The Bertz CT molecular complexity index is 732. The van der Waals surface area contributed by atoms with Crippen molar-refractivity contribution >= 4 is 11.6 Å². The molecule has 1 amide bonds. The number of hydrogen-bond donors (Lipinski definition) is 0. The van der Waals surface area contributed by atoms with Gasteiger partial charge < -0.3 is 4.90 Å². The van der Waals surface area contributed by atoms with Gasteiger partial charge in [0.05, 0.1) is 0 Å². The lowest BCUT2D eigenvalue weighted by atomic mass is 9.85. The van der Waals surface area contributed by atoms with Crippen molar-refractivity contribution in [3.63, 3.8) is 0 Å². The lowest BCUT2D eigenvalue weighted by molar-refractivity contribution is 0.0993. The summed E-state index contributed by atoms with van der Waals surface area (Å²) in [7, 11) is 1.89. The second kappa shape index (κ2) is 5.60. The molecule has 1 aliphatic rings. The largest absolute Gasteiger partial charge is 0.311 e. The molecule has 0 saturated heterocycles. The Morgan fingerprint density at radius 1 is 1.05 bits per heavy atom. The topological polar surface area (TPSA) is 20.3 Å². The third-order valence-corrected chi connectivity index (χ3v) is 4.77. The Labute approximate surface area is 132 Å².